The first-order chi connectivity index (χ1) is 8.00. The number of aromatic carboxylic acids is 1. The van der Waals surface area contributed by atoms with Crippen molar-refractivity contribution in [2.75, 3.05) is 0 Å². The normalized spacial score (nSPS) is 10.5. The first-order valence-corrected chi connectivity index (χ1v) is 6.77. The second-order valence-corrected chi connectivity index (χ2v) is 6.06. The molecule has 0 aliphatic heterocycles. The molecule has 0 spiro atoms. The van der Waals surface area contributed by atoms with Gasteiger partial charge in [0.25, 0.3) is 0 Å². The van der Waals surface area contributed by atoms with E-state index in [-0.39, 0.29) is 5.56 Å². The highest BCUT2D eigenvalue weighted by Gasteiger charge is 2.19. The molecule has 1 N–H and O–H groups in total. The number of carboxylic acids is 1. The fraction of sp³-hybridized carbons (Fsp3) is 0.0833. The summed E-state index contributed by atoms with van der Waals surface area (Å²) in [6.07, 6.45) is 0. The lowest BCUT2D eigenvalue weighted by atomic mass is 10.1. The summed E-state index contributed by atoms with van der Waals surface area (Å²) in [4.78, 5) is 12.0. The number of benzene rings is 1. The minimum atomic E-state index is -0.980. The zero-order chi connectivity index (χ0) is 12.6. The van der Waals surface area contributed by atoms with Crippen LogP contribution < -0.4 is 0 Å². The summed E-state index contributed by atoms with van der Waals surface area (Å²) in [6.45, 7) is 1.78. The number of hydrogen-bond donors (Lipinski definition) is 1. The summed E-state index contributed by atoms with van der Waals surface area (Å²) in [5.41, 5.74) is 1.90. The molecule has 2 nitrogen and oxygen atoms in total. The smallest absolute Gasteiger partial charge is 0.338 e. The fourth-order valence-electron chi connectivity index (χ4n) is 1.60. The van der Waals surface area contributed by atoms with Gasteiger partial charge in [-0.2, -0.15) is 0 Å². The van der Waals surface area contributed by atoms with Gasteiger partial charge in [-0.1, -0.05) is 39.7 Å². The number of carboxylic acid groups (broad SMARTS) is 1. The topological polar surface area (TPSA) is 37.3 Å². The number of halogens is 2. The van der Waals surface area contributed by atoms with Gasteiger partial charge in [-0.3, -0.25) is 0 Å². The summed E-state index contributed by atoms with van der Waals surface area (Å²) >= 11 is 10.6. The van der Waals surface area contributed by atoms with Crippen molar-refractivity contribution >= 4 is 44.8 Å². The van der Waals surface area contributed by atoms with E-state index in [1.807, 2.05) is 24.3 Å². The Balaban J connectivity index is 2.57. The van der Waals surface area contributed by atoms with E-state index in [0.29, 0.717) is 4.34 Å². The average molecular weight is 332 g/mol. The Morgan fingerprint density at radius 2 is 1.94 bits per heavy atom. The predicted octanol–water partition coefficient (Wildman–Crippen LogP) is 4.84. The molecule has 1 aromatic heterocycles. The average Bonchev–Trinajstić information content (AvgIpc) is 2.55. The summed E-state index contributed by atoms with van der Waals surface area (Å²) in [6, 6.07) is 7.71. The van der Waals surface area contributed by atoms with Crippen molar-refractivity contribution in [2.45, 2.75) is 6.92 Å². The number of carbonyl (C=O) groups is 1. The van der Waals surface area contributed by atoms with E-state index in [2.05, 4.69) is 15.9 Å². The van der Waals surface area contributed by atoms with Gasteiger partial charge in [0, 0.05) is 9.35 Å². The van der Waals surface area contributed by atoms with Crippen LogP contribution in [-0.2, 0) is 0 Å². The van der Waals surface area contributed by atoms with Crippen molar-refractivity contribution in [1.82, 2.24) is 0 Å². The van der Waals surface area contributed by atoms with Gasteiger partial charge in [-0.25, -0.2) is 4.79 Å². The highest BCUT2D eigenvalue weighted by molar-refractivity contribution is 9.10. The van der Waals surface area contributed by atoms with Crippen molar-refractivity contribution in [3.63, 3.8) is 0 Å². The lowest BCUT2D eigenvalue weighted by Gasteiger charge is -2.00. The maximum Gasteiger partial charge on any atom is 0.338 e. The monoisotopic (exact) mass is 330 g/mol. The fourth-order valence-corrected chi connectivity index (χ4v) is 3.35. The molecule has 0 aliphatic carbocycles. The maximum atomic E-state index is 11.1. The minimum absolute atomic E-state index is 0.203. The highest BCUT2D eigenvalue weighted by Crippen LogP contribution is 2.39. The molecule has 0 bridgehead atoms. The van der Waals surface area contributed by atoms with Crippen molar-refractivity contribution in [1.29, 1.82) is 0 Å². The van der Waals surface area contributed by atoms with Crippen LogP contribution >= 0.6 is 38.9 Å². The van der Waals surface area contributed by atoms with Crippen molar-refractivity contribution < 1.29 is 9.90 Å². The van der Waals surface area contributed by atoms with Crippen LogP contribution in [0.3, 0.4) is 0 Å². The van der Waals surface area contributed by atoms with Crippen LogP contribution in [0.15, 0.2) is 28.7 Å². The van der Waals surface area contributed by atoms with Gasteiger partial charge >= 0.3 is 5.97 Å². The van der Waals surface area contributed by atoms with E-state index in [9.17, 15) is 4.79 Å². The molecular formula is C12H8BrClO2S. The molecule has 17 heavy (non-hydrogen) atoms. The lowest BCUT2D eigenvalue weighted by Crippen LogP contribution is -1.97. The summed E-state index contributed by atoms with van der Waals surface area (Å²) in [5.74, 6) is -0.980. The minimum Gasteiger partial charge on any atom is -0.478 e. The molecular weight excluding hydrogens is 324 g/mol. The van der Waals surface area contributed by atoms with Crippen LogP contribution in [-0.4, -0.2) is 11.1 Å². The lowest BCUT2D eigenvalue weighted by molar-refractivity contribution is 0.0697. The number of thiophene rings is 1. The van der Waals surface area contributed by atoms with Gasteiger partial charge in [0.15, 0.2) is 0 Å². The van der Waals surface area contributed by atoms with Crippen LogP contribution in [0.5, 0.6) is 0 Å². The van der Waals surface area contributed by atoms with E-state index >= 15 is 0 Å². The molecule has 0 atom stereocenters. The molecule has 0 unspecified atom stereocenters. The van der Waals surface area contributed by atoms with Crippen LogP contribution in [0, 0.1) is 6.92 Å². The quantitative estimate of drug-likeness (QED) is 0.855. The van der Waals surface area contributed by atoms with Gasteiger partial charge in [0.2, 0.25) is 0 Å². The Morgan fingerprint density at radius 1 is 1.35 bits per heavy atom. The maximum absolute atomic E-state index is 11.1. The van der Waals surface area contributed by atoms with E-state index in [0.717, 1.165) is 20.5 Å². The molecule has 1 heterocycles. The van der Waals surface area contributed by atoms with Gasteiger partial charge in [0.1, 0.15) is 4.34 Å². The summed E-state index contributed by atoms with van der Waals surface area (Å²) in [5, 5.41) is 9.07. The molecule has 2 rings (SSSR count). The van der Waals surface area contributed by atoms with Crippen LogP contribution in [0.2, 0.25) is 4.34 Å². The zero-order valence-electron chi connectivity index (χ0n) is 8.83. The molecule has 0 saturated heterocycles. The third-order valence-corrected chi connectivity index (χ3v) is 4.50. The van der Waals surface area contributed by atoms with Crippen molar-refractivity contribution in [3.8, 4) is 10.4 Å². The SMILES string of the molecule is Cc1c(-c2ccc(Br)cc2)sc(Cl)c1C(=O)O. The molecule has 0 radical (unpaired) electrons. The van der Waals surface area contributed by atoms with Gasteiger partial charge in [-0.15, -0.1) is 11.3 Å². The molecule has 0 saturated carbocycles. The predicted molar refractivity (Wildman–Crippen MR) is 74.2 cm³/mol. The van der Waals surface area contributed by atoms with Gasteiger partial charge in [0.05, 0.1) is 5.56 Å². The van der Waals surface area contributed by atoms with Crippen LogP contribution in [0.1, 0.15) is 15.9 Å². The molecule has 88 valence electrons. The number of rotatable bonds is 2. The second-order valence-electron chi connectivity index (χ2n) is 3.52. The van der Waals surface area contributed by atoms with Gasteiger partial charge < -0.3 is 5.11 Å². The van der Waals surface area contributed by atoms with Crippen LogP contribution in [0.25, 0.3) is 10.4 Å². The molecule has 0 aliphatic rings. The third-order valence-electron chi connectivity index (χ3n) is 2.42. The number of hydrogen-bond acceptors (Lipinski definition) is 2. The van der Waals surface area contributed by atoms with Gasteiger partial charge in [-0.05, 0) is 30.2 Å². The Labute approximate surface area is 116 Å². The Hall–Kier alpha value is -0.840. The van der Waals surface area contributed by atoms with E-state index in [1.165, 1.54) is 11.3 Å². The molecule has 0 fully saturated rings. The summed E-state index contributed by atoms with van der Waals surface area (Å²) in [7, 11) is 0. The molecule has 0 amide bonds. The Kier molecular flexibility index (Phi) is 3.56. The van der Waals surface area contributed by atoms with Crippen molar-refractivity contribution in [3.05, 3.63) is 44.2 Å². The second kappa shape index (κ2) is 4.80. The van der Waals surface area contributed by atoms with E-state index in [1.54, 1.807) is 6.92 Å². The molecule has 2 aromatic rings. The Bertz CT molecular complexity index is 575. The third kappa shape index (κ3) is 2.39. The van der Waals surface area contributed by atoms with E-state index in [4.69, 9.17) is 16.7 Å². The first-order valence-electron chi connectivity index (χ1n) is 4.79. The van der Waals surface area contributed by atoms with Crippen LogP contribution in [0.4, 0.5) is 0 Å². The standard InChI is InChI=1S/C12H8BrClO2S/c1-6-9(12(15)16)11(14)17-10(6)7-2-4-8(13)5-3-7/h2-5H,1H3,(H,15,16). The highest BCUT2D eigenvalue weighted by atomic mass is 79.9. The van der Waals surface area contributed by atoms with E-state index < -0.39 is 5.97 Å². The molecule has 1 aromatic carbocycles. The first kappa shape index (κ1) is 12.6. The molecule has 5 heteroatoms. The largest absolute Gasteiger partial charge is 0.478 e. The summed E-state index contributed by atoms with van der Waals surface area (Å²) < 4.78 is 1.31. The Morgan fingerprint density at radius 3 is 2.41 bits per heavy atom. The zero-order valence-corrected chi connectivity index (χ0v) is 12.0. The van der Waals surface area contributed by atoms with Crippen molar-refractivity contribution in [2.24, 2.45) is 0 Å².